The van der Waals surface area contributed by atoms with Gasteiger partial charge in [0.1, 0.15) is 0 Å². The Hall–Kier alpha value is -1.77. The molecule has 0 saturated carbocycles. The van der Waals surface area contributed by atoms with Crippen molar-refractivity contribution < 1.29 is 9.21 Å². The molecule has 6 nitrogen and oxygen atoms in total. The first-order valence-corrected chi connectivity index (χ1v) is 8.94. The monoisotopic (exact) mass is 368 g/mol. The average Bonchev–Trinajstić information content (AvgIpc) is 3.23. The van der Waals surface area contributed by atoms with E-state index in [4.69, 9.17) is 21.8 Å². The van der Waals surface area contributed by atoms with Crippen LogP contribution in [-0.4, -0.2) is 20.7 Å². The van der Waals surface area contributed by atoms with Gasteiger partial charge in [-0.3, -0.25) is 9.36 Å². The molecule has 0 saturated heterocycles. The molecule has 0 aliphatic carbocycles. The number of rotatable bonds is 7. The van der Waals surface area contributed by atoms with Gasteiger partial charge in [0.25, 0.3) is 0 Å². The highest BCUT2D eigenvalue weighted by molar-refractivity contribution is 7.98. The van der Waals surface area contributed by atoms with Gasteiger partial charge < -0.3 is 10.2 Å². The first kappa shape index (κ1) is 16.1. The number of carbonyl (C=O) groups excluding carboxylic acids is 1. The summed E-state index contributed by atoms with van der Waals surface area (Å²) >= 11 is 9.00. The third kappa shape index (κ3) is 3.95. The number of furan rings is 1. The lowest BCUT2D eigenvalue weighted by molar-refractivity contribution is -0.118. The predicted molar refractivity (Wildman–Crippen MR) is 90.4 cm³/mol. The van der Waals surface area contributed by atoms with E-state index < -0.39 is 0 Å². The Morgan fingerprint density at radius 2 is 2.26 bits per heavy atom. The van der Waals surface area contributed by atoms with E-state index in [1.807, 2.05) is 16.7 Å². The summed E-state index contributed by atoms with van der Waals surface area (Å²) in [5, 5.41) is 9.10. The van der Waals surface area contributed by atoms with Gasteiger partial charge in [0, 0.05) is 23.6 Å². The van der Waals surface area contributed by atoms with Crippen molar-refractivity contribution >= 4 is 40.6 Å². The number of nitrogens with two attached hydrogens (primary N) is 1. The fourth-order valence-corrected chi connectivity index (χ4v) is 4.07. The van der Waals surface area contributed by atoms with Crippen LogP contribution in [0.3, 0.4) is 0 Å². The second kappa shape index (κ2) is 7.20. The van der Waals surface area contributed by atoms with Crippen molar-refractivity contribution in [3.05, 3.63) is 39.7 Å². The summed E-state index contributed by atoms with van der Waals surface area (Å²) in [4.78, 5) is 12.3. The Balaban J connectivity index is 1.82. The van der Waals surface area contributed by atoms with Gasteiger partial charge in [-0.1, -0.05) is 23.4 Å². The van der Waals surface area contributed by atoms with Gasteiger partial charge in [-0.05, 0) is 24.3 Å². The number of carbonyl (C=O) groups is 1. The molecule has 0 unspecified atom stereocenters. The van der Waals surface area contributed by atoms with Gasteiger partial charge >= 0.3 is 0 Å². The van der Waals surface area contributed by atoms with Crippen molar-refractivity contribution in [3.63, 3.8) is 0 Å². The minimum Gasteiger partial charge on any atom is -0.461 e. The zero-order valence-corrected chi connectivity index (χ0v) is 14.3. The molecule has 2 N–H and O–H groups in total. The van der Waals surface area contributed by atoms with Crippen molar-refractivity contribution in [1.29, 1.82) is 0 Å². The number of nitrogens with zero attached hydrogens (tertiary/aromatic N) is 3. The normalized spacial score (nSPS) is 11.0. The SMILES string of the molecule is NC(=O)CCn1c(SCc2ccc(Cl)s2)nnc1-c1ccco1. The molecule has 0 aliphatic heterocycles. The fraction of sp³-hybridized carbons (Fsp3) is 0.214. The van der Waals surface area contributed by atoms with Crippen LogP contribution in [0.25, 0.3) is 11.6 Å². The molecule has 3 aromatic heterocycles. The highest BCUT2D eigenvalue weighted by Crippen LogP contribution is 2.30. The van der Waals surface area contributed by atoms with E-state index >= 15 is 0 Å². The third-order valence-electron chi connectivity index (χ3n) is 3.01. The van der Waals surface area contributed by atoms with Crippen LogP contribution < -0.4 is 5.73 Å². The van der Waals surface area contributed by atoms with Crippen molar-refractivity contribution in [2.45, 2.75) is 23.9 Å². The van der Waals surface area contributed by atoms with E-state index in [0.29, 0.717) is 23.3 Å². The molecule has 0 fully saturated rings. The van der Waals surface area contributed by atoms with Gasteiger partial charge in [-0.25, -0.2) is 0 Å². The van der Waals surface area contributed by atoms with E-state index in [1.54, 1.807) is 18.4 Å². The quantitative estimate of drug-likeness (QED) is 0.645. The lowest BCUT2D eigenvalue weighted by atomic mass is 10.3. The van der Waals surface area contributed by atoms with Crippen molar-refractivity contribution in [2.24, 2.45) is 5.73 Å². The Bertz CT molecular complexity index is 798. The summed E-state index contributed by atoms with van der Waals surface area (Å²) < 4.78 is 7.99. The van der Waals surface area contributed by atoms with Crippen LogP contribution in [0.15, 0.2) is 40.1 Å². The highest BCUT2D eigenvalue weighted by atomic mass is 35.5. The van der Waals surface area contributed by atoms with Gasteiger partial charge in [0.05, 0.1) is 10.6 Å². The number of amides is 1. The Labute approximate surface area is 145 Å². The number of primary amides is 1. The summed E-state index contributed by atoms with van der Waals surface area (Å²) in [7, 11) is 0. The molecule has 0 spiro atoms. The molecule has 3 rings (SSSR count). The van der Waals surface area contributed by atoms with Crippen LogP contribution >= 0.6 is 34.7 Å². The standard InChI is InChI=1S/C14H13ClN4O2S2/c15-11-4-3-9(23-11)8-22-14-18-17-13(10-2-1-7-21-10)19(14)6-5-12(16)20/h1-4,7H,5-6,8H2,(H2,16,20). The molecule has 0 aromatic carbocycles. The maximum atomic E-state index is 11.1. The first-order valence-electron chi connectivity index (χ1n) is 6.76. The molecular formula is C14H13ClN4O2S2. The summed E-state index contributed by atoms with van der Waals surface area (Å²) in [5.41, 5.74) is 5.26. The fourth-order valence-electron chi connectivity index (χ4n) is 1.97. The second-order valence-electron chi connectivity index (χ2n) is 4.65. The minimum atomic E-state index is -0.370. The zero-order valence-electron chi connectivity index (χ0n) is 11.9. The van der Waals surface area contributed by atoms with Gasteiger partial charge in [-0.2, -0.15) is 0 Å². The maximum Gasteiger partial charge on any atom is 0.219 e. The van der Waals surface area contributed by atoms with E-state index in [2.05, 4.69) is 10.2 Å². The average molecular weight is 369 g/mol. The first-order chi connectivity index (χ1) is 11.1. The molecule has 120 valence electrons. The molecule has 1 amide bonds. The van der Waals surface area contributed by atoms with E-state index in [0.717, 1.165) is 15.0 Å². The van der Waals surface area contributed by atoms with Crippen molar-refractivity contribution in [1.82, 2.24) is 14.8 Å². The molecule has 9 heteroatoms. The van der Waals surface area contributed by atoms with E-state index in [1.165, 1.54) is 23.1 Å². The van der Waals surface area contributed by atoms with Crippen LogP contribution in [0.2, 0.25) is 4.34 Å². The Kier molecular flexibility index (Phi) is 5.04. The number of thioether (sulfide) groups is 1. The van der Waals surface area contributed by atoms with Crippen LogP contribution in [-0.2, 0) is 17.1 Å². The summed E-state index contributed by atoms with van der Waals surface area (Å²) in [5.74, 6) is 1.55. The van der Waals surface area contributed by atoms with E-state index in [9.17, 15) is 4.79 Å². The summed E-state index contributed by atoms with van der Waals surface area (Å²) in [6, 6.07) is 7.44. The van der Waals surface area contributed by atoms with Crippen LogP contribution in [0.5, 0.6) is 0 Å². The number of hydrogen-bond donors (Lipinski definition) is 1. The second-order valence-corrected chi connectivity index (χ2v) is 7.39. The Morgan fingerprint density at radius 3 is 2.91 bits per heavy atom. The van der Waals surface area contributed by atoms with Crippen molar-refractivity contribution in [3.8, 4) is 11.6 Å². The molecule has 3 aromatic rings. The molecule has 0 bridgehead atoms. The number of aromatic nitrogens is 3. The topological polar surface area (TPSA) is 86.9 Å². The lowest BCUT2D eigenvalue weighted by Crippen LogP contribution is -2.14. The maximum absolute atomic E-state index is 11.1. The van der Waals surface area contributed by atoms with Crippen LogP contribution in [0.4, 0.5) is 0 Å². The largest absolute Gasteiger partial charge is 0.461 e. The number of halogens is 1. The molecule has 23 heavy (non-hydrogen) atoms. The minimum absolute atomic E-state index is 0.212. The molecule has 0 atom stereocenters. The van der Waals surface area contributed by atoms with Crippen LogP contribution in [0, 0.1) is 0 Å². The summed E-state index contributed by atoms with van der Waals surface area (Å²) in [6.45, 7) is 0.409. The third-order valence-corrected chi connectivity index (χ3v) is 5.44. The number of hydrogen-bond acceptors (Lipinski definition) is 6. The van der Waals surface area contributed by atoms with E-state index in [-0.39, 0.29) is 12.3 Å². The smallest absolute Gasteiger partial charge is 0.219 e. The zero-order chi connectivity index (χ0) is 16.2. The molecular weight excluding hydrogens is 356 g/mol. The van der Waals surface area contributed by atoms with Crippen molar-refractivity contribution in [2.75, 3.05) is 0 Å². The highest BCUT2D eigenvalue weighted by Gasteiger charge is 2.17. The van der Waals surface area contributed by atoms with Gasteiger partial charge in [0.15, 0.2) is 16.7 Å². The molecule has 0 radical (unpaired) electrons. The molecule has 3 heterocycles. The Morgan fingerprint density at radius 1 is 1.39 bits per heavy atom. The molecule has 0 aliphatic rings. The number of thiophene rings is 1. The predicted octanol–water partition coefficient (Wildman–Crippen LogP) is 3.42. The van der Waals surface area contributed by atoms with Crippen LogP contribution in [0.1, 0.15) is 11.3 Å². The lowest BCUT2D eigenvalue weighted by Gasteiger charge is -2.07. The summed E-state index contributed by atoms with van der Waals surface area (Å²) in [6.07, 6.45) is 1.78. The van der Waals surface area contributed by atoms with Gasteiger partial charge in [0.2, 0.25) is 5.91 Å². The van der Waals surface area contributed by atoms with Gasteiger partial charge in [-0.15, -0.1) is 21.5 Å².